The summed E-state index contributed by atoms with van der Waals surface area (Å²) in [5.74, 6) is -1.69. The zero-order chi connectivity index (χ0) is 18.4. The van der Waals surface area contributed by atoms with E-state index in [2.05, 4.69) is 17.9 Å². The van der Waals surface area contributed by atoms with Gasteiger partial charge in [-0.3, -0.25) is 9.59 Å². The smallest absolute Gasteiger partial charge is 0.326 e. The Morgan fingerprint density at radius 2 is 2.00 bits per heavy atom. The Hall–Kier alpha value is -2.02. The highest BCUT2D eigenvalue weighted by Crippen LogP contribution is 2.16. The summed E-state index contributed by atoms with van der Waals surface area (Å²) in [6, 6.07) is 7.94. The fraction of sp³-hybridized carbons (Fsp3) is 0.500. The van der Waals surface area contributed by atoms with Crippen molar-refractivity contribution in [2.45, 2.75) is 49.9 Å². The van der Waals surface area contributed by atoms with Crippen LogP contribution in [0.15, 0.2) is 30.3 Å². The number of hydrogen-bond acceptors (Lipinski definition) is 4. The number of carbonyl (C=O) groups is 3. The zero-order valence-electron chi connectivity index (χ0n) is 14.2. The molecule has 1 aromatic rings. The molecule has 3 unspecified atom stereocenters. The lowest BCUT2D eigenvalue weighted by Gasteiger charge is -2.28. The monoisotopic (exact) mass is 364 g/mol. The molecule has 6 nitrogen and oxygen atoms in total. The van der Waals surface area contributed by atoms with E-state index in [1.54, 1.807) is 0 Å². The Morgan fingerprint density at radius 3 is 2.64 bits per heavy atom. The van der Waals surface area contributed by atoms with E-state index in [-0.39, 0.29) is 11.8 Å². The second-order valence-corrected chi connectivity index (χ2v) is 6.93. The lowest BCUT2D eigenvalue weighted by molar-refractivity contribution is -0.150. The van der Waals surface area contributed by atoms with Gasteiger partial charge in [0.25, 0.3) is 0 Å². The Bertz CT molecular complexity index is 623. The van der Waals surface area contributed by atoms with Gasteiger partial charge in [-0.05, 0) is 38.2 Å². The summed E-state index contributed by atoms with van der Waals surface area (Å²) in [6.45, 7) is 1.88. The van der Waals surface area contributed by atoms with E-state index >= 15 is 0 Å². The SMILES string of the molecule is CC(C(=O)O)N1CCCCC(NC(=O)C(S)Cc2ccccc2)C1=O. The minimum absolute atomic E-state index is 0.310. The van der Waals surface area contributed by atoms with E-state index < -0.39 is 23.3 Å². The molecule has 2 amide bonds. The maximum Gasteiger partial charge on any atom is 0.326 e. The van der Waals surface area contributed by atoms with Crippen molar-refractivity contribution in [2.24, 2.45) is 0 Å². The standard InChI is InChI=1S/C18H24N2O4S/c1-12(18(23)24)20-10-6-5-9-14(17(20)22)19-16(21)15(25)11-13-7-3-2-4-8-13/h2-4,7-8,12,14-15,25H,5-6,9-11H2,1H3,(H,19,21)(H,23,24). The van der Waals surface area contributed by atoms with Gasteiger partial charge < -0.3 is 15.3 Å². The Labute approximate surface area is 153 Å². The van der Waals surface area contributed by atoms with Gasteiger partial charge in [-0.1, -0.05) is 30.3 Å². The van der Waals surface area contributed by atoms with Gasteiger partial charge in [0.05, 0.1) is 5.25 Å². The molecule has 0 saturated carbocycles. The molecule has 1 saturated heterocycles. The number of nitrogens with zero attached hydrogens (tertiary/aromatic N) is 1. The second-order valence-electron chi connectivity index (χ2n) is 6.31. The van der Waals surface area contributed by atoms with Gasteiger partial charge in [-0.15, -0.1) is 0 Å². The molecule has 0 bridgehead atoms. The number of carboxylic acids is 1. The molecule has 0 aliphatic carbocycles. The van der Waals surface area contributed by atoms with Gasteiger partial charge in [-0.25, -0.2) is 4.79 Å². The van der Waals surface area contributed by atoms with Gasteiger partial charge >= 0.3 is 5.97 Å². The summed E-state index contributed by atoms with van der Waals surface area (Å²) >= 11 is 4.36. The molecule has 1 fully saturated rings. The van der Waals surface area contributed by atoms with E-state index in [1.165, 1.54) is 11.8 Å². The largest absolute Gasteiger partial charge is 0.480 e. The van der Waals surface area contributed by atoms with Crippen molar-refractivity contribution in [2.75, 3.05) is 6.54 Å². The summed E-state index contributed by atoms with van der Waals surface area (Å²) in [7, 11) is 0. The lowest BCUT2D eigenvalue weighted by atomic mass is 10.1. The van der Waals surface area contributed by atoms with Crippen molar-refractivity contribution < 1.29 is 19.5 Å². The highest BCUT2D eigenvalue weighted by molar-refractivity contribution is 7.81. The van der Waals surface area contributed by atoms with Gasteiger partial charge in [0.1, 0.15) is 12.1 Å². The van der Waals surface area contributed by atoms with Crippen LogP contribution in [0.5, 0.6) is 0 Å². The van der Waals surface area contributed by atoms with Crippen molar-refractivity contribution in [3.63, 3.8) is 0 Å². The molecule has 1 aromatic carbocycles. The van der Waals surface area contributed by atoms with Crippen LogP contribution in [-0.4, -0.2) is 51.7 Å². The van der Waals surface area contributed by atoms with Gasteiger partial charge in [0.2, 0.25) is 11.8 Å². The number of carbonyl (C=O) groups excluding carboxylic acids is 2. The summed E-state index contributed by atoms with van der Waals surface area (Å²) in [5.41, 5.74) is 0.992. The second kappa shape index (κ2) is 8.89. The third-order valence-electron chi connectivity index (χ3n) is 4.44. The van der Waals surface area contributed by atoms with Crippen LogP contribution in [0.4, 0.5) is 0 Å². The van der Waals surface area contributed by atoms with Gasteiger partial charge in [0, 0.05) is 6.54 Å². The van der Waals surface area contributed by atoms with E-state index in [1.807, 2.05) is 30.3 Å². The van der Waals surface area contributed by atoms with Crippen LogP contribution >= 0.6 is 12.6 Å². The molecule has 136 valence electrons. The minimum Gasteiger partial charge on any atom is -0.480 e. The first-order valence-electron chi connectivity index (χ1n) is 8.45. The predicted molar refractivity (Wildman–Crippen MR) is 97.5 cm³/mol. The quantitative estimate of drug-likeness (QED) is 0.668. The highest BCUT2D eigenvalue weighted by atomic mass is 32.1. The fourth-order valence-corrected chi connectivity index (χ4v) is 3.20. The number of benzene rings is 1. The van der Waals surface area contributed by atoms with Crippen molar-refractivity contribution >= 4 is 30.4 Å². The van der Waals surface area contributed by atoms with Crippen molar-refractivity contribution in [3.8, 4) is 0 Å². The first-order chi connectivity index (χ1) is 11.9. The third-order valence-corrected chi connectivity index (χ3v) is 4.86. The molecule has 3 atom stereocenters. The van der Waals surface area contributed by atoms with E-state index in [0.717, 1.165) is 18.4 Å². The van der Waals surface area contributed by atoms with E-state index in [0.29, 0.717) is 19.4 Å². The summed E-state index contributed by atoms with van der Waals surface area (Å²) in [4.78, 5) is 37.6. The molecule has 0 spiro atoms. The predicted octanol–water partition coefficient (Wildman–Crippen LogP) is 1.50. The summed E-state index contributed by atoms with van der Waals surface area (Å²) < 4.78 is 0. The van der Waals surface area contributed by atoms with Crippen molar-refractivity contribution in [3.05, 3.63) is 35.9 Å². The number of thiol groups is 1. The molecule has 25 heavy (non-hydrogen) atoms. The molecule has 2 N–H and O–H groups in total. The number of carboxylic acid groups (broad SMARTS) is 1. The van der Waals surface area contributed by atoms with Crippen LogP contribution in [0, 0.1) is 0 Å². The van der Waals surface area contributed by atoms with Crippen LogP contribution in [-0.2, 0) is 20.8 Å². The molecular weight excluding hydrogens is 340 g/mol. The Kier molecular flexibility index (Phi) is 6.87. The lowest BCUT2D eigenvalue weighted by Crippen LogP contribution is -2.53. The van der Waals surface area contributed by atoms with E-state index in [4.69, 9.17) is 0 Å². The van der Waals surface area contributed by atoms with Crippen LogP contribution in [0.2, 0.25) is 0 Å². The Morgan fingerprint density at radius 1 is 1.32 bits per heavy atom. The molecule has 1 aliphatic rings. The van der Waals surface area contributed by atoms with Crippen LogP contribution in [0.25, 0.3) is 0 Å². The van der Waals surface area contributed by atoms with Gasteiger partial charge in [0.15, 0.2) is 0 Å². The minimum atomic E-state index is -1.04. The molecule has 7 heteroatoms. The normalized spacial score (nSPS) is 20.5. The molecule has 1 heterocycles. The maximum absolute atomic E-state index is 12.6. The summed E-state index contributed by atoms with van der Waals surface area (Å²) in [6.07, 6.45) is 2.46. The number of aliphatic carboxylic acids is 1. The number of rotatable bonds is 6. The fourth-order valence-electron chi connectivity index (χ4n) is 2.91. The molecule has 0 aromatic heterocycles. The number of likely N-dealkylation sites (tertiary alicyclic amines) is 1. The highest BCUT2D eigenvalue weighted by Gasteiger charge is 2.34. The Balaban J connectivity index is 2.00. The first kappa shape index (κ1) is 19.3. The summed E-state index contributed by atoms with van der Waals surface area (Å²) in [5, 5.41) is 11.4. The average Bonchev–Trinajstić information content (AvgIpc) is 2.77. The number of nitrogens with one attached hydrogen (secondary N) is 1. The van der Waals surface area contributed by atoms with Gasteiger partial charge in [-0.2, -0.15) is 12.6 Å². The number of amides is 2. The van der Waals surface area contributed by atoms with Crippen LogP contribution < -0.4 is 5.32 Å². The molecular formula is C18H24N2O4S. The first-order valence-corrected chi connectivity index (χ1v) is 8.97. The average molecular weight is 364 g/mol. The molecule has 1 aliphatic heterocycles. The zero-order valence-corrected chi connectivity index (χ0v) is 15.1. The van der Waals surface area contributed by atoms with Crippen molar-refractivity contribution in [1.29, 1.82) is 0 Å². The van der Waals surface area contributed by atoms with E-state index in [9.17, 15) is 19.5 Å². The maximum atomic E-state index is 12.6. The van der Waals surface area contributed by atoms with Crippen molar-refractivity contribution in [1.82, 2.24) is 10.2 Å². The third kappa shape index (κ3) is 5.22. The van der Waals surface area contributed by atoms with Crippen LogP contribution in [0.3, 0.4) is 0 Å². The topological polar surface area (TPSA) is 86.7 Å². The molecule has 0 radical (unpaired) electrons. The molecule has 2 rings (SSSR count). The van der Waals surface area contributed by atoms with Crippen LogP contribution in [0.1, 0.15) is 31.7 Å². The number of hydrogen-bond donors (Lipinski definition) is 3.